The normalized spacial score (nSPS) is 16.2. The number of ether oxygens (including phenoxy) is 10. The molecule has 3 atom stereocenters. The van der Waals surface area contributed by atoms with Crippen molar-refractivity contribution in [2.45, 2.75) is 44.7 Å². The molecular formula is C44H62ClF3N8O15P2. The summed E-state index contributed by atoms with van der Waals surface area (Å²) in [4.78, 5) is 49.3. The molecule has 2 aliphatic rings. The van der Waals surface area contributed by atoms with Crippen molar-refractivity contribution in [1.29, 1.82) is 0 Å². The van der Waals surface area contributed by atoms with Gasteiger partial charge >= 0.3 is 5.97 Å². The van der Waals surface area contributed by atoms with Crippen LogP contribution in [0.4, 0.5) is 18.9 Å². The van der Waals surface area contributed by atoms with Gasteiger partial charge in [0.2, 0.25) is 11.7 Å². The van der Waals surface area contributed by atoms with Gasteiger partial charge in [-0.1, -0.05) is 16.8 Å². The number of amides is 1. The third kappa shape index (κ3) is 20.7. The third-order valence-corrected chi connectivity index (χ3v) is 13.0. The minimum atomic E-state index is -1.96. The number of pyridine rings is 1. The zero-order valence-electron chi connectivity index (χ0n) is 40.1. The van der Waals surface area contributed by atoms with Crippen LogP contribution in [0, 0.1) is 23.4 Å². The van der Waals surface area contributed by atoms with E-state index in [9.17, 15) is 22.8 Å². The second-order valence-electron chi connectivity index (χ2n) is 16.2. The number of anilines is 1. The predicted octanol–water partition coefficient (Wildman–Crippen LogP) is 3.52. The topological polar surface area (TPSA) is 253 Å². The van der Waals surface area contributed by atoms with Crippen LogP contribution in [-0.4, -0.2) is 189 Å². The van der Waals surface area contributed by atoms with Gasteiger partial charge in [0.05, 0.1) is 167 Å². The molecule has 0 saturated carbocycles. The van der Waals surface area contributed by atoms with Gasteiger partial charge in [-0.2, -0.15) is 5.10 Å². The molecule has 73 heavy (non-hydrogen) atoms. The number of hydrogen-bond acceptors (Lipinski definition) is 20. The van der Waals surface area contributed by atoms with Gasteiger partial charge in [0.25, 0.3) is 0 Å². The number of aromatic nitrogens is 6. The van der Waals surface area contributed by atoms with Crippen LogP contribution in [-0.2, 0) is 69.9 Å². The van der Waals surface area contributed by atoms with Crippen molar-refractivity contribution >= 4 is 57.4 Å². The molecule has 5 heterocycles. The van der Waals surface area contributed by atoms with Crippen molar-refractivity contribution in [3.05, 3.63) is 58.9 Å². The van der Waals surface area contributed by atoms with Gasteiger partial charge < -0.3 is 71.9 Å². The monoisotopic (exact) mass is 1100 g/mol. The van der Waals surface area contributed by atoms with Crippen LogP contribution in [0.2, 0.25) is 5.15 Å². The molecule has 1 amide bonds. The van der Waals surface area contributed by atoms with E-state index in [0.717, 1.165) is 23.9 Å². The van der Waals surface area contributed by atoms with Crippen molar-refractivity contribution in [2.75, 3.05) is 136 Å². The molecule has 1 aromatic carbocycles. The maximum Gasteiger partial charge on any atom is 0.313 e. The quantitative estimate of drug-likeness (QED) is 0.0191. The number of nitrogens with zero attached hydrogens (tertiary/aromatic N) is 7. The molecule has 23 nitrogen and oxygen atoms in total. The SMILES string of the molecule is O=C(CCOCCOCCOCCOCCn1cc(COCCOCCOCCOCCNC(=O)C2CN(c3cc(Cl)nc4c3cnn4C3CCC(COPCP(O)O)O3)C2)nn1)Oc1c(F)cc(F)cc1F. The summed E-state index contributed by atoms with van der Waals surface area (Å²) in [6.45, 7) is 7.47. The molecule has 0 bridgehead atoms. The molecule has 2 aliphatic heterocycles. The first-order chi connectivity index (χ1) is 35.5. The summed E-state index contributed by atoms with van der Waals surface area (Å²) in [5.41, 5.74) is 2.14. The summed E-state index contributed by atoms with van der Waals surface area (Å²) in [5, 5.41) is 16.8. The molecule has 406 valence electrons. The van der Waals surface area contributed by atoms with E-state index in [1.807, 2.05) is 0 Å². The number of benzene rings is 1. The Balaban J connectivity index is 0.671. The number of halogens is 4. The molecule has 2 fully saturated rings. The standard InChI is InChI=1S/C44H62ClF3N8O15P2/c45-39-23-38(35-24-50-56(43(35)51-39)40-2-1-34(70-40)29-69-72-30-73(59)60)54-25-31(26-54)44(58)49-4-7-62-10-13-65-17-18-67-19-20-68-28-33-27-55(53-52-33)5-8-63-11-14-66-16-15-64-12-9-61-6-3-41(57)71-42-36(47)21-32(46)22-37(42)48/h21-24,27,31,34,40,59-60,72H,1-20,25-26,28-30H2,(H,49,58). The lowest BCUT2D eigenvalue weighted by molar-refractivity contribution is -0.136. The highest BCUT2D eigenvalue weighted by Gasteiger charge is 2.35. The minimum Gasteiger partial charge on any atom is -0.420 e. The second-order valence-corrected chi connectivity index (χ2v) is 19.2. The van der Waals surface area contributed by atoms with Crippen LogP contribution in [0.3, 0.4) is 0 Å². The van der Waals surface area contributed by atoms with Crippen LogP contribution < -0.4 is 15.0 Å². The first-order valence-electron chi connectivity index (χ1n) is 23.6. The zero-order valence-corrected chi connectivity index (χ0v) is 42.7. The van der Waals surface area contributed by atoms with Gasteiger partial charge in [0.1, 0.15) is 16.7 Å². The molecule has 0 aliphatic carbocycles. The molecule has 3 aromatic heterocycles. The Hall–Kier alpha value is -3.82. The van der Waals surface area contributed by atoms with Gasteiger partial charge in [-0.15, -0.1) is 5.10 Å². The number of rotatable bonds is 38. The third-order valence-electron chi connectivity index (χ3n) is 10.7. The maximum atomic E-state index is 13.6. The first kappa shape index (κ1) is 58.4. The molecule has 3 N–H and O–H groups in total. The Morgan fingerprint density at radius 3 is 2.10 bits per heavy atom. The fourth-order valence-corrected chi connectivity index (χ4v) is 8.45. The van der Waals surface area contributed by atoms with E-state index in [-0.39, 0.29) is 71.7 Å². The average molecular weight is 1100 g/mol. The van der Waals surface area contributed by atoms with E-state index in [1.54, 1.807) is 27.8 Å². The fourth-order valence-electron chi connectivity index (χ4n) is 7.14. The van der Waals surface area contributed by atoms with E-state index >= 15 is 0 Å². The minimum absolute atomic E-state index is 0.00489. The molecule has 29 heteroatoms. The van der Waals surface area contributed by atoms with Crippen molar-refractivity contribution in [3.63, 3.8) is 0 Å². The highest BCUT2D eigenvalue weighted by Crippen LogP contribution is 2.38. The summed E-state index contributed by atoms with van der Waals surface area (Å²) >= 11 is 6.44. The molecule has 4 aromatic rings. The Kier molecular flexibility index (Phi) is 26.1. The summed E-state index contributed by atoms with van der Waals surface area (Å²) in [6.07, 6.45) is 4.30. The van der Waals surface area contributed by atoms with Crippen molar-refractivity contribution in [2.24, 2.45) is 5.92 Å². The average Bonchev–Trinajstić information content (AvgIpc) is 4.12. The van der Waals surface area contributed by atoms with Crippen LogP contribution in [0.5, 0.6) is 5.75 Å². The number of esters is 1. The predicted molar refractivity (Wildman–Crippen MR) is 257 cm³/mol. The summed E-state index contributed by atoms with van der Waals surface area (Å²) in [6, 6.07) is 2.63. The maximum absolute atomic E-state index is 13.6. The Bertz CT molecular complexity index is 2250. The molecule has 2 saturated heterocycles. The van der Waals surface area contributed by atoms with E-state index < -0.39 is 37.5 Å². The lowest BCUT2D eigenvalue weighted by atomic mass is 9.98. The van der Waals surface area contributed by atoms with Gasteiger partial charge in [-0.05, 0) is 18.9 Å². The second kappa shape index (κ2) is 32.6. The smallest absolute Gasteiger partial charge is 0.313 e. The summed E-state index contributed by atoms with van der Waals surface area (Å²) in [7, 11) is -1.96. The van der Waals surface area contributed by atoms with Crippen LogP contribution in [0.15, 0.2) is 30.6 Å². The zero-order chi connectivity index (χ0) is 51.6. The largest absolute Gasteiger partial charge is 0.420 e. The van der Waals surface area contributed by atoms with Crippen LogP contribution >= 0.6 is 28.8 Å². The van der Waals surface area contributed by atoms with Gasteiger partial charge in [0, 0.05) is 40.6 Å². The van der Waals surface area contributed by atoms with Crippen molar-refractivity contribution in [3.8, 4) is 5.75 Å². The Morgan fingerprint density at radius 2 is 1.44 bits per heavy atom. The van der Waals surface area contributed by atoms with Crippen LogP contribution in [0.25, 0.3) is 11.0 Å². The van der Waals surface area contributed by atoms with E-state index in [1.165, 1.54) is 0 Å². The highest BCUT2D eigenvalue weighted by atomic mass is 35.5. The number of carbonyl (C=O) groups is 2. The van der Waals surface area contributed by atoms with Crippen molar-refractivity contribution in [1.82, 2.24) is 35.1 Å². The molecule has 0 spiro atoms. The number of carbonyl (C=O) groups excluding carboxylic acids is 2. The van der Waals surface area contributed by atoms with Crippen LogP contribution in [0.1, 0.15) is 31.2 Å². The molecule has 0 radical (unpaired) electrons. The first-order valence-corrected chi connectivity index (χ1v) is 26.5. The van der Waals surface area contributed by atoms with Crippen molar-refractivity contribution < 1.29 is 84.4 Å². The van der Waals surface area contributed by atoms with Gasteiger partial charge in [-0.25, -0.2) is 27.5 Å². The number of nitrogens with one attached hydrogen (secondary N) is 1. The summed E-state index contributed by atoms with van der Waals surface area (Å²) < 4.78 is 104. The lowest BCUT2D eigenvalue weighted by Gasteiger charge is -2.40. The Labute approximate surface area is 427 Å². The summed E-state index contributed by atoms with van der Waals surface area (Å²) in [5.74, 6) is -5.61. The molecular weight excluding hydrogens is 1030 g/mol. The number of fused-ring (bicyclic) bond motifs is 1. The number of hydrogen-bond donors (Lipinski definition) is 3. The fraction of sp³-hybridized carbons (Fsp3) is 0.636. The Morgan fingerprint density at radius 1 is 0.822 bits per heavy atom. The van der Waals surface area contributed by atoms with E-state index in [0.29, 0.717) is 141 Å². The van der Waals surface area contributed by atoms with E-state index in [4.69, 9.17) is 68.5 Å². The van der Waals surface area contributed by atoms with Gasteiger partial charge in [-0.3, -0.25) is 9.59 Å². The lowest BCUT2D eigenvalue weighted by Crippen LogP contribution is -2.54. The molecule has 3 unspecified atom stereocenters. The van der Waals surface area contributed by atoms with Gasteiger partial charge in [0.15, 0.2) is 31.9 Å². The van der Waals surface area contributed by atoms with E-state index in [2.05, 4.69) is 35.3 Å². The molecule has 6 rings (SSSR count). The highest BCUT2D eigenvalue weighted by molar-refractivity contribution is 7.58.